The number of unbranched alkanes of at least 4 members (excludes halogenated alkanes) is 1. The number of rotatable bonds is 36. The average Bonchev–Trinajstić information content (AvgIpc) is 3.35. The van der Waals surface area contributed by atoms with Crippen molar-refractivity contribution in [1.82, 2.24) is 4.72 Å². The van der Waals surface area contributed by atoms with Gasteiger partial charge in [-0.05, 0) is 136 Å². The number of amides is 1. The van der Waals surface area contributed by atoms with Gasteiger partial charge in [0, 0.05) is 18.9 Å². The summed E-state index contributed by atoms with van der Waals surface area (Å²) in [6.45, 7) is 43.7. The Hall–Kier alpha value is 0.0965. The fourth-order valence-corrected chi connectivity index (χ4v) is 15.8. The smallest absolute Gasteiger partial charge is 0.859 e. The molecule has 0 aliphatic heterocycles. The van der Waals surface area contributed by atoms with Crippen molar-refractivity contribution in [2.75, 3.05) is 59.1 Å². The molecule has 1 amide bonds. The molecular weight excluding hydrogens is 1230 g/mol. The Morgan fingerprint density at radius 2 is 0.988 bits per heavy atom. The number of nitrogens with zero attached hydrogens (tertiary/aromatic N) is 1. The molecule has 2 atom stereocenters. The van der Waals surface area contributed by atoms with Crippen molar-refractivity contribution in [3.63, 3.8) is 0 Å². The van der Waals surface area contributed by atoms with Crippen molar-refractivity contribution in [3.8, 4) is 0 Å². The van der Waals surface area contributed by atoms with Gasteiger partial charge in [-0.3, -0.25) is 24.0 Å². The van der Waals surface area contributed by atoms with Gasteiger partial charge in [0.15, 0.2) is 16.6 Å². The van der Waals surface area contributed by atoms with Crippen LogP contribution >= 0.6 is 0 Å². The van der Waals surface area contributed by atoms with Gasteiger partial charge in [-0.15, -0.1) is 0 Å². The summed E-state index contributed by atoms with van der Waals surface area (Å²) in [4.78, 5) is 56.6. The first-order chi connectivity index (χ1) is 37.4. The minimum Gasteiger partial charge on any atom is -0.859 e. The van der Waals surface area contributed by atoms with Crippen molar-refractivity contribution in [2.24, 2.45) is 38.9 Å². The van der Waals surface area contributed by atoms with Crippen LogP contribution in [0.5, 0.6) is 0 Å². The van der Waals surface area contributed by atoms with Crippen LogP contribution in [0.1, 0.15) is 188 Å². The van der Waals surface area contributed by atoms with Crippen LogP contribution in [0.3, 0.4) is 0 Å². The topological polar surface area (TPSA) is 266 Å². The van der Waals surface area contributed by atoms with Crippen LogP contribution in [0, 0.1) is 34.5 Å². The van der Waals surface area contributed by atoms with E-state index in [4.69, 9.17) is 27.8 Å². The number of sulfonamides is 2. The summed E-state index contributed by atoms with van der Waals surface area (Å²) in [5.74, 6) is -2.26. The standard InChI is InChI=1S/C17H38O3Si2.C12H24O2.C11H22O4.C8H14F3NO3S.C8H15NO5S.2K/c1-9-11-14-21(5,6)20-22(7,8)15-12-13-19-16(18)17(3,4)10-2;1-6-12(4,5)11(13)14-9-7-8-10(2)3;1-4-10(3)11(12)15-9-8-14-7-6-13-5-2;1-6(2)4-3-5-7(13)12-16(14,15)8(9,10)11;1-4-6(2)8(11)14-5-7(10)9-15(3,12)13;;/h9-15H2,1-8H3;10H,6-9H2,1-5H3;10H,4-9H2,1-3H3;6H,3-5H2,1-2H3,(H,12,13);6H,4-5H2,1-3H3,(H,9,10);;/q;;;;;2*+1/p-1. The number of hydrogen-bond acceptors (Lipinski definition) is 17. The molecule has 0 spiro atoms. The van der Waals surface area contributed by atoms with Gasteiger partial charge in [-0.1, -0.05) is 95.4 Å². The maximum Gasteiger partial charge on any atom is 1.00 e. The zero-order valence-electron chi connectivity index (χ0n) is 56.2. The SMILES string of the molecule is CC(C)CCCC(=O)NS(=O)(=O)C(F)(F)F.CCC(C)(C)C(=O)OCCCC(C)C.CCC(C)C(=O)OCC([O-])=NS(C)(=O)=O.CCCC[Si](C)(C)O[Si](C)(C)CCCOC(=O)C(C)(C)CC.CCOCCOCCOC(=O)C(C)CC.[K+].[K+]. The van der Waals surface area contributed by atoms with Crippen LogP contribution in [0.2, 0.25) is 38.3 Å². The van der Waals surface area contributed by atoms with Crippen molar-refractivity contribution >= 4 is 72.4 Å². The second-order valence-electron chi connectivity index (χ2n) is 23.3. The molecule has 0 aliphatic rings. The molecule has 0 saturated heterocycles. The second kappa shape index (κ2) is 52.7. The molecule has 0 bridgehead atoms. The van der Waals surface area contributed by atoms with Gasteiger partial charge in [0.2, 0.25) is 15.9 Å². The van der Waals surface area contributed by atoms with E-state index in [-0.39, 0.29) is 150 Å². The molecule has 19 nitrogen and oxygen atoms in total. The molecule has 490 valence electrons. The summed E-state index contributed by atoms with van der Waals surface area (Å²) in [6.07, 6.45) is 10.2. The van der Waals surface area contributed by atoms with Crippen LogP contribution in [0.4, 0.5) is 13.2 Å². The van der Waals surface area contributed by atoms with Gasteiger partial charge < -0.3 is 37.6 Å². The number of nitrogens with one attached hydrogen (secondary N) is 1. The third-order valence-electron chi connectivity index (χ3n) is 12.3. The maximum absolute atomic E-state index is 11.9. The average molecular weight is 1340 g/mol. The quantitative estimate of drug-likeness (QED) is 0.0197. The van der Waals surface area contributed by atoms with E-state index in [0.29, 0.717) is 77.3 Å². The number of hydrogen-bond donors (Lipinski definition) is 1. The molecule has 0 aromatic rings. The number of ether oxygens (including phenoxy) is 6. The molecular formula is C56H112F3K2N2O17S2Si2+. The van der Waals surface area contributed by atoms with Crippen molar-refractivity contribution in [1.29, 1.82) is 0 Å². The number of carbonyl (C=O) groups excluding carboxylic acids is 5. The van der Waals surface area contributed by atoms with Crippen LogP contribution in [0.25, 0.3) is 0 Å². The number of halogens is 3. The van der Waals surface area contributed by atoms with Crippen LogP contribution < -0.4 is 113 Å². The van der Waals surface area contributed by atoms with Gasteiger partial charge >= 0.3 is 142 Å². The molecule has 0 fully saturated rings. The molecule has 2 unspecified atom stereocenters. The zero-order chi connectivity index (χ0) is 65.2. The normalized spacial score (nSPS) is 12.8. The summed E-state index contributed by atoms with van der Waals surface area (Å²) < 4.78 is 118. The molecule has 28 heteroatoms. The third-order valence-corrected chi connectivity index (χ3v) is 21.5. The van der Waals surface area contributed by atoms with Gasteiger partial charge in [-0.2, -0.15) is 26.0 Å². The fourth-order valence-electron chi connectivity index (χ4n) is 5.91. The van der Waals surface area contributed by atoms with Crippen LogP contribution in [-0.2, 0) is 76.6 Å². The second-order valence-corrected chi connectivity index (χ2v) is 35.5. The Kier molecular flexibility index (Phi) is 61.3. The molecule has 0 rings (SSSR count). The first-order valence-electron chi connectivity index (χ1n) is 29.0. The van der Waals surface area contributed by atoms with E-state index in [1.807, 2.05) is 76.2 Å². The van der Waals surface area contributed by atoms with E-state index >= 15 is 0 Å². The zero-order valence-corrected chi connectivity index (χ0v) is 66.1. The van der Waals surface area contributed by atoms with E-state index in [0.717, 1.165) is 55.5 Å². The molecule has 0 radical (unpaired) electrons. The summed E-state index contributed by atoms with van der Waals surface area (Å²) in [6, 6.07) is 2.31. The summed E-state index contributed by atoms with van der Waals surface area (Å²) >= 11 is 0. The number of alkyl halides is 3. The monoisotopic (exact) mass is 1340 g/mol. The Balaban J connectivity index is -0.000000177. The molecule has 0 aromatic carbocycles. The van der Waals surface area contributed by atoms with Crippen LogP contribution in [0.15, 0.2) is 4.40 Å². The third kappa shape index (κ3) is 59.7. The summed E-state index contributed by atoms with van der Waals surface area (Å²) in [5.41, 5.74) is -6.13. The van der Waals surface area contributed by atoms with Gasteiger partial charge in [0.1, 0.15) is 13.2 Å². The summed E-state index contributed by atoms with van der Waals surface area (Å²) in [7, 11) is -12.4. The predicted octanol–water partition coefficient (Wildman–Crippen LogP) is 5.69. The van der Waals surface area contributed by atoms with Crippen molar-refractivity contribution in [3.05, 3.63) is 0 Å². The Labute approximate surface area is 594 Å². The molecule has 1 N–H and O–H groups in total. The van der Waals surface area contributed by atoms with Gasteiger partial charge in [-0.25, -0.2) is 13.1 Å². The van der Waals surface area contributed by atoms with E-state index in [9.17, 15) is 59.1 Å². The summed E-state index contributed by atoms with van der Waals surface area (Å²) in [5, 5.41) is 10.9. The maximum atomic E-state index is 11.9. The number of carbonyl (C=O) groups is 5. The van der Waals surface area contributed by atoms with E-state index < -0.39 is 66.6 Å². The Morgan fingerprint density at radius 3 is 1.38 bits per heavy atom. The Morgan fingerprint density at radius 1 is 0.583 bits per heavy atom. The van der Waals surface area contributed by atoms with E-state index in [1.165, 1.54) is 18.9 Å². The Bertz CT molecular complexity index is 2020. The molecule has 0 saturated carbocycles. The molecule has 0 aliphatic carbocycles. The first kappa shape index (κ1) is 97.7. The van der Waals surface area contributed by atoms with Crippen LogP contribution in [-0.4, -0.2) is 134 Å². The van der Waals surface area contributed by atoms with Gasteiger partial charge in [0.25, 0.3) is 0 Å². The molecule has 84 heavy (non-hydrogen) atoms. The van der Waals surface area contributed by atoms with Crippen molar-refractivity contribution in [2.45, 2.75) is 232 Å². The fraction of sp³-hybridized carbons (Fsp3) is 0.893. The molecule has 0 aromatic heterocycles. The van der Waals surface area contributed by atoms with E-state index in [1.54, 1.807) is 13.8 Å². The van der Waals surface area contributed by atoms with Gasteiger partial charge in [0.05, 0.1) is 62.0 Å². The van der Waals surface area contributed by atoms with E-state index in [2.05, 4.69) is 56.1 Å². The number of esters is 4. The largest absolute Gasteiger partial charge is 1.00 e. The predicted molar refractivity (Wildman–Crippen MR) is 322 cm³/mol. The first-order valence-corrected chi connectivity index (χ1v) is 38.6. The molecule has 0 heterocycles. The van der Waals surface area contributed by atoms with Crippen molar-refractivity contribution < 1.29 is 194 Å². The minimum atomic E-state index is -5.55. The minimum absolute atomic E-state index is 0.